The topological polar surface area (TPSA) is 83.8 Å². The number of nitrogens with zero attached hydrogens (tertiary/aromatic N) is 1. The van der Waals surface area contributed by atoms with Crippen LogP contribution >= 0.6 is 0 Å². The molecule has 0 aliphatic carbocycles. The van der Waals surface area contributed by atoms with E-state index in [2.05, 4.69) is 15.3 Å². The minimum atomic E-state index is -0.173. The molecule has 1 aromatic heterocycles. The molecule has 0 bridgehead atoms. The SMILES string of the molecule is NCCNC(=O)c1cnc[nH]1. The summed E-state index contributed by atoms with van der Waals surface area (Å²) in [6.45, 7) is 0.928. The van der Waals surface area contributed by atoms with Gasteiger partial charge in [-0.3, -0.25) is 4.79 Å². The quantitative estimate of drug-likeness (QED) is 0.527. The first-order chi connectivity index (χ1) is 5.34. The Morgan fingerprint density at radius 2 is 2.64 bits per heavy atom. The number of carbonyl (C=O) groups excluding carboxylic acids is 1. The van der Waals surface area contributed by atoms with Gasteiger partial charge in [-0.2, -0.15) is 0 Å². The van der Waals surface area contributed by atoms with Gasteiger partial charge < -0.3 is 16.0 Å². The molecule has 0 saturated carbocycles. The molecule has 60 valence electrons. The smallest absolute Gasteiger partial charge is 0.269 e. The average Bonchev–Trinajstić information content (AvgIpc) is 2.52. The highest BCUT2D eigenvalue weighted by Crippen LogP contribution is 1.88. The van der Waals surface area contributed by atoms with Gasteiger partial charge in [-0.15, -0.1) is 0 Å². The van der Waals surface area contributed by atoms with Crippen LogP contribution in [-0.2, 0) is 0 Å². The Labute approximate surface area is 64.0 Å². The molecule has 5 nitrogen and oxygen atoms in total. The van der Waals surface area contributed by atoms with Crippen molar-refractivity contribution >= 4 is 5.91 Å². The number of aromatic nitrogens is 2. The molecule has 1 amide bonds. The molecule has 0 aromatic carbocycles. The van der Waals surface area contributed by atoms with Gasteiger partial charge in [0.15, 0.2) is 0 Å². The van der Waals surface area contributed by atoms with E-state index in [4.69, 9.17) is 5.73 Å². The molecule has 0 radical (unpaired) electrons. The van der Waals surface area contributed by atoms with Gasteiger partial charge in [-0.25, -0.2) is 4.98 Å². The second-order valence-corrected chi connectivity index (χ2v) is 2.01. The van der Waals surface area contributed by atoms with Gasteiger partial charge in [0.1, 0.15) is 5.69 Å². The van der Waals surface area contributed by atoms with Crippen LogP contribution in [0, 0.1) is 0 Å². The van der Waals surface area contributed by atoms with E-state index in [0.717, 1.165) is 0 Å². The van der Waals surface area contributed by atoms with E-state index in [9.17, 15) is 4.79 Å². The molecule has 0 fully saturated rings. The predicted molar refractivity (Wildman–Crippen MR) is 40.0 cm³/mol. The number of carbonyl (C=O) groups is 1. The van der Waals surface area contributed by atoms with Crippen molar-refractivity contribution in [3.05, 3.63) is 18.2 Å². The van der Waals surface area contributed by atoms with Gasteiger partial charge in [0, 0.05) is 13.1 Å². The second-order valence-electron chi connectivity index (χ2n) is 2.01. The van der Waals surface area contributed by atoms with Gasteiger partial charge >= 0.3 is 0 Å². The van der Waals surface area contributed by atoms with Crippen molar-refractivity contribution in [2.75, 3.05) is 13.1 Å². The lowest BCUT2D eigenvalue weighted by atomic mass is 10.4. The zero-order chi connectivity index (χ0) is 8.10. The maximum Gasteiger partial charge on any atom is 0.269 e. The number of aromatic amines is 1. The van der Waals surface area contributed by atoms with E-state index >= 15 is 0 Å². The average molecular weight is 154 g/mol. The van der Waals surface area contributed by atoms with E-state index in [-0.39, 0.29) is 5.91 Å². The van der Waals surface area contributed by atoms with Gasteiger partial charge in [-0.05, 0) is 0 Å². The molecule has 11 heavy (non-hydrogen) atoms. The molecule has 1 rings (SSSR count). The Morgan fingerprint density at radius 3 is 3.18 bits per heavy atom. The summed E-state index contributed by atoms with van der Waals surface area (Å²) >= 11 is 0. The molecule has 0 spiro atoms. The number of hydrogen-bond acceptors (Lipinski definition) is 3. The number of nitrogens with one attached hydrogen (secondary N) is 2. The molecule has 0 saturated heterocycles. The van der Waals surface area contributed by atoms with Crippen molar-refractivity contribution in [2.24, 2.45) is 5.73 Å². The highest BCUT2D eigenvalue weighted by atomic mass is 16.1. The lowest BCUT2D eigenvalue weighted by molar-refractivity contribution is 0.0950. The molecule has 0 atom stereocenters. The fraction of sp³-hybridized carbons (Fsp3) is 0.333. The number of amides is 1. The van der Waals surface area contributed by atoms with Crippen LogP contribution in [0.4, 0.5) is 0 Å². The first-order valence-corrected chi connectivity index (χ1v) is 3.31. The van der Waals surface area contributed by atoms with E-state index in [1.54, 1.807) is 0 Å². The first-order valence-electron chi connectivity index (χ1n) is 3.31. The largest absolute Gasteiger partial charge is 0.349 e. The minimum absolute atomic E-state index is 0.173. The third-order valence-corrected chi connectivity index (χ3v) is 1.17. The second kappa shape index (κ2) is 3.72. The number of hydrogen-bond donors (Lipinski definition) is 3. The van der Waals surface area contributed by atoms with Gasteiger partial charge in [0.2, 0.25) is 0 Å². The zero-order valence-corrected chi connectivity index (χ0v) is 6.00. The summed E-state index contributed by atoms with van der Waals surface area (Å²) in [6.07, 6.45) is 2.92. The molecule has 4 N–H and O–H groups in total. The Hall–Kier alpha value is -1.36. The van der Waals surface area contributed by atoms with Crippen LogP contribution in [0.1, 0.15) is 10.5 Å². The van der Waals surface area contributed by atoms with Crippen LogP contribution in [0.15, 0.2) is 12.5 Å². The number of imidazole rings is 1. The van der Waals surface area contributed by atoms with Crippen LogP contribution in [-0.4, -0.2) is 29.0 Å². The summed E-state index contributed by atoms with van der Waals surface area (Å²) in [7, 11) is 0. The third kappa shape index (κ3) is 2.05. The Kier molecular flexibility index (Phi) is 2.62. The van der Waals surface area contributed by atoms with E-state index < -0.39 is 0 Å². The maximum absolute atomic E-state index is 11.0. The molecule has 0 aliphatic heterocycles. The van der Waals surface area contributed by atoms with Crippen molar-refractivity contribution in [1.29, 1.82) is 0 Å². The summed E-state index contributed by atoms with van der Waals surface area (Å²) in [5, 5.41) is 2.60. The first kappa shape index (κ1) is 7.74. The molecule has 0 unspecified atom stereocenters. The standard InChI is InChI=1S/C6H10N4O/c7-1-2-9-6(11)5-3-8-4-10-5/h3-4H,1-2,7H2,(H,8,10)(H,9,11). The third-order valence-electron chi connectivity index (χ3n) is 1.17. The van der Waals surface area contributed by atoms with E-state index in [1.807, 2.05) is 0 Å². The molecular formula is C6H10N4O. The molecular weight excluding hydrogens is 144 g/mol. The number of H-pyrrole nitrogens is 1. The fourth-order valence-electron chi connectivity index (χ4n) is 0.661. The van der Waals surface area contributed by atoms with E-state index in [1.165, 1.54) is 12.5 Å². The zero-order valence-electron chi connectivity index (χ0n) is 6.00. The monoisotopic (exact) mass is 154 g/mol. The van der Waals surface area contributed by atoms with Crippen molar-refractivity contribution in [3.8, 4) is 0 Å². The van der Waals surface area contributed by atoms with Crippen LogP contribution < -0.4 is 11.1 Å². The molecule has 0 aliphatic rings. The van der Waals surface area contributed by atoms with Gasteiger partial charge in [0.25, 0.3) is 5.91 Å². The fourth-order valence-corrected chi connectivity index (χ4v) is 0.661. The minimum Gasteiger partial charge on any atom is -0.349 e. The van der Waals surface area contributed by atoms with Crippen molar-refractivity contribution < 1.29 is 4.79 Å². The van der Waals surface area contributed by atoms with Crippen molar-refractivity contribution in [3.63, 3.8) is 0 Å². The molecule has 1 heterocycles. The summed E-state index contributed by atoms with van der Waals surface area (Å²) in [4.78, 5) is 17.4. The molecule has 1 aromatic rings. The summed E-state index contributed by atoms with van der Waals surface area (Å²) < 4.78 is 0. The number of rotatable bonds is 3. The highest BCUT2D eigenvalue weighted by molar-refractivity contribution is 5.91. The van der Waals surface area contributed by atoms with Crippen LogP contribution in [0.25, 0.3) is 0 Å². The van der Waals surface area contributed by atoms with Crippen LogP contribution in [0.3, 0.4) is 0 Å². The summed E-state index contributed by atoms with van der Waals surface area (Å²) in [5.41, 5.74) is 5.65. The normalized spacial score (nSPS) is 9.55. The van der Waals surface area contributed by atoms with Gasteiger partial charge in [0.05, 0.1) is 12.5 Å². The highest BCUT2D eigenvalue weighted by Gasteiger charge is 2.03. The molecule has 5 heteroatoms. The lowest BCUT2D eigenvalue weighted by Crippen LogP contribution is -2.29. The maximum atomic E-state index is 11.0. The number of nitrogens with two attached hydrogens (primary N) is 1. The van der Waals surface area contributed by atoms with Crippen molar-refractivity contribution in [1.82, 2.24) is 15.3 Å². The Morgan fingerprint density at radius 1 is 1.82 bits per heavy atom. The Balaban J connectivity index is 2.43. The van der Waals surface area contributed by atoms with Crippen molar-refractivity contribution in [2.45, 2.75) is 0 Å². The van der Waals surface area contributed by atoms with Crippen LogP contribution in [0.2, 0.25) is 0 Å². The Bertz CT molecular complexity index is 218. The van der Waals surface area contributed by atoms with E-state index in [0.29, 0.717) is 18.8 Å². The van der Waals surface area contributed by atoms with Gasteiger partial charge in [-0.1, -0.05) is 0 Å². The lowest BCUT2D eigenvalue weighted by Gasteiger charge is -1.98. The summed E-state index contributed by atoms with van der Waals surface area (Å²) in [5.74, 6) is -0.173. The predicted octanol–water partition coefficient (Wildman–Crippen LogP) is -0.902. The summed E-state index contributed by atoms with van der Waals surface area (Å²) in [6, 6.07) is 0. The van der Waals surface area contributed by atoms with Crippen LogP contribution in [0.5, 0.6) is 0 Å².